The van der Waals surface area contributed by atoms with Crippen LogP contribution in [0.25, 0.3) is 11.0 Å². The zero-order valence-corrected chi connectivity index (χ0v) is 16.9. The average molecular weight is 406 g/mol. The zero-order chi connectivity index (χ0) is 21.5. The summed E-state index contributed by atoms with van der Waals surface area (Å²) in [5.41, 5.74) is 0.612. The molecule has 1 atom stereocenters. The van der Waals surface area contributed by atoms with Gasteiger partial charge in [-0.2, -0.15) is 5.26 Å². The molecule has 154 valence electrons. The molecule has 2 N–H and O–H groups in total. The molecule has 1 fully saturated rings. The van der Waals surface area contributed by atoms with Crippen LogP contribution in [0.15, 0.2) is 42.5 Å². The molecule has 2 aromatic carbocycles. The van der Waals surface area contributed by atoms with Crippen LogP contribution in [-0.4, -0.2) is 20.6 Å². The Hall–Kier alpha value is -3.24. The van der Waals surface area contributed by atoms with Crippen molar-refractivity contribution < 1.29 is 14.3 Å². The van der Waals surface area contributed by atoms with Crippen LogP contribution in [0.5, 0.6) is 0 Å². The van der Waals surface area contributed by atoms with E-state index in [9.17, 15) is 19.6 Å². The van der Waals surface area contributed by atoms with Crippen molar-refractivity contribution in [3.63, 3.8) is 0 Å². The minimum atomic E-state index is -1.53. The zero-order valence-electron chi connectivity index (χ0n) is 16.9. The van der Waals surface area contributed by atoms with E-state index in [0.717, 1.165) is 24.8 Å². The van der Waals surface area contributed by atoms with Gasteiger partial charge in [-0.05, 0) is 69.0 Å². The maximum Gasteiger partial charge on any atom is 0.229 e. The Bertz CT molecular complexity index is 1170. The number of imidazole rings is 1. The second kappa shape index (κ2) is 7.22. The number of halogens is 1. The molecule has 0 aliphatic heterocycles. The first kappa shape index (κ1) is 20.0. The minimum absolute atomic E-state index is 0.198. The number of hydrogen-bond donors (Lipinski definition) is 2. The third kappa shape index (κ3) is 3.55. The smallest absolute Gasteiger partial charge is 0.229 e. The summed E-state index contributed by atoms with van der Waals surface area (Å²) >= 11 is 0. The first-order valence-corrected chi connectivity index (χ1v) is 9.93. The lowest BCUT2D eigenvalue weighted by Gasteiger charge is -2.41. The maximum atomic E-state index is 13.5. The van der Waals surface area contributed by atoms with Gasteiger partial charge in [0, 0.05) is 5.54 Å². The van der Waals surface area contributed by atoms with Crippen LogP contribution in [-0.2, 0) is 15.9 Å². The van der Waals surface area contributed by atoms with Crippen molar-refractivity contribution in [3.8, 4) is 6.07 Å². The Morgan fingerprint density at radius 1 is 1.37 bits per heavy atom. The van der Waals surface area contributed by atoms with E-state index in [-0.39, 0.29) is 12.0 Å². The Morgan fingerprint density at radius 2 is 2.13 bits per heavy atom. The van der Waals surface area contributed by atoms with Gasteiger partial charge in [0.25, 0.3) is 0 Å². The highest BCUT2D eigenvalue weighted by Crippen LogP contribution is 2.43. The third-order valence-corrected chi connectivity index (χ3v) is 5.96. The fraction of sp³-hybridized carbons (Fsp3) is 0.348. The molecule has 6 nitrogen and oxygen atoms in total. The molecule has 30 heavy (non-hydrogen) atoms. The lowest BCUT2D eigenvalue weighted by Crippen LogP contribution is -2.38. The molecule has 1 heterocycles. The summed E-state index contributed by atoms with van der Waals surface area (Å²) < 4.78 is 15.5. The predicted octanol–water partition coefficient (Wildman–Crippen LogP) is 4.18. The first-order valence-electron chi connectivity index (χ1n) is 9.93. The van der Waals surface area contributed by atoms with Crippen LogP contribution >= 0.6 is 0 Å². The number of carbonyl (C=O) groups excluding carboxylic acids is 1. The number of fused-ring (bicyclic) bond motifs is 1. The number of carbonyl (C=O) groups is 1. The summed E-state index contributed by atoms with van der Waals surface area (Å²) in [6.45, 7) is 3.59. The largest absolute Gasteiger partial charge is 0.385 e. The predicted molar refractivity (Wildman–Crippen MR) is 111 cm³/mol. The summed E-state index contributed by atoms with van der Waals surface area (Å²) in [6.07, 6.45) is 2.72. The van der Waals surface area contributed by atoms with Gasteiger partial charge in [-0.15, -0.1) is 0 Å². The van der Waals surface area contributed by atoms with Gasteiger partial charge in [0.15, 0.2) is 0 Å². The molecule has 1 amide bonds. The number of aliphatic hydroxyl groups is 1. The van der Waals surface area contributed by atoms with Crippen LogP contribution in [0, 0.1) is 17.1 Å². The summed E-state index contributed by atoms with van der Waals surface area (Å²) in [5.74, 6) is -0.507. The van der Waals surface area contributed by atoms with Crippen LogP contribution in [0.1, 0.15) is 50.7 Å². The van der Waals surface area contributed by atoms with Gasteiger partial charge < -0.3 is 9.67 Å². The number of aromatic nitrogens is 2. The van der Waals surface area contributed by atoms with Gasteiger partial charge in [-0.1, -0.05) is 12.1 Å². The third-order valence-electron chi connectivity index (χ3n) is 5.96. The van der Waals surface area contributed by atoms with Gasteiger partial charge in [-0.3, -0.25) is 10.1 Å². The molecular formula is C23H23FN4O2. The molecule has 0 unspecified atom stereocenters. The van der Waals surface area contributed by atoms with Crippen molar-refractivity contribution in [2.24, 2.45) is 0 Å². The Balaban J connectivity index is 1.66. The number of hydrogen-bond acceptors (Lipinski definition) is 4. The summed E-state index contributed by atoms with van der Waals surface area (Å²) in [7, 11) is 0. The fourth-order valence-corrected chi connectivity index (χ4v) is 4.09. The standard InChI is InChI=1S/C23H23FN4O2/c1-22(9-4-10-22)28-19-11-15(14-25)7-8-18(19)26-21(28)27-20(29)13-23(2,30)16-5-3-6-17(24)12-16/h3,5-8,11-12,30H,4,9-10,13H2,1-2H3,(H,26,27,29)/t23-/m0/s1. The maximum absolute atomic E-state index is 13.5. The number of anilines is 1. The van der Waals surface area contributed by atoms with Crippen molar-refractivity contribution in [2.75, 3.05) is 5.32 Å². The first-order chi connectivity index (χ1) is 14.2. The van der Waals surface area contributed by atoms with Crippen LogP contribution in [0.4, 0.5) is 10.3 Å². The highest BCUT2D eigenvalue weighted by atomic mass is 19.1. The fourth-order valence-electron chi connectivity index (χ4n) is 4.09. The molecule has 1 aliphatic rings. The summed E-state index contributed by atoms with van der Waals surface area (Å²) in [4.78, 5) is 17.4. The molecule has 1 aliphatic carbocycles. The molecule has 1 aromatic heterocycles. The van der Waals surface area contributed by atoms with E-state index in [4.69, 9.17) is 0 Å². The van der Waals surface area contributed by atoms with Gasteiger partial charge in [0.2, 0.25) is 11.9 Å². The lowest BCUT2D eigenvalue weighted by atomic mass is 9.78. The topological polar surface area (TPSA) is 90.9 Å². The second-order valence-electron chi connectivity index (χ2n) is 8.45. The van der Waals surface area contributed by atoms with Crippen molar-refractivity contribution in [3.05, 3.63) is 59.4 Å². The highest BCUT2D eigenvalue weighted by molar-refractivity contribution is 5.92. The molecule has 0 spiro atoms. The van der Waals surface area contributed by atoms with E-state index in [2.05, 4.69) is 23.3 Å². The molecule has 0 bridgehead atoms. The van der Waals surface area contributed by atoms with Crippen LogP contribution in [0.2, 0.25) is 0 Å². The minimum Gasteiger partial charge on any atom is -0.385 e. The SMILES string of the molecule is CC1(n2c(NC(=O)C[C@](C)(O)c3cccc(F)c3)nc3ccc(C#N)cc32)CCC1. The Labute approximate surface area is 174 Å². The normalized spacial score (nSPS) is 17.0. The summed E-state index contributed by atoms with van der Waals surface area (Å²) in [6, 6.07) is 13.0. The van der Waals surface area contributed by atoms with E-state index < -0.39 is 17.3 Å². The highest BCUT2D eigenvalue weighted by Gasteiger charge is 2.37. The van der Waals surface area contributed by atoms with Gasteiger partial charge >= 0.3 is 0 Å². The van der Waals surface area contributed by atoms with Gasteiger partial charge in [-0.25, -0.2) is 9.37 Å². The Kier molecular flexibility index (Phi) is 4.83. The molecular weight excluding hydrogens is 383 g/mol. The monoisotopic (exact) mass is 406 g/mol. The quantitative estimate of drug-likeness (QED) is 0.665. The number of amides is 1. The van der Waals surface area contributed by atoms with E-state index in [0.29, 0.717) is 22.6 Å². The van der Waals surface area contributed by atoms with Crippen molar-refractivity contribution in [1.29, 1.82) is 5.26 Å². The van der Waals surface area contributed by atoms with Crippen molar-refractivity contribution in [2.45, 2.75) is 50.7 Å². The van der Waals surface area contributed by atoms with Crippen molar-refractivity contribution >= 4 is 22.9 Å². The molecule has 1 saturated carbocycles. The number of nitrogens with zero attached hydrogens (tertiary/aromatic N) is 3. The van der Waals surface area contributed by atoms with Crippen molar-refractivity contribution in [1.82, 2.24) is 9.55 Å². The van der Waals surface area contributed by atoms with E-state index >= 15 is 0 Å². The average Bonchev–Trinajstić information content (AvgIpc) is 3.02. The van der Waals surface area contributed by atoms with E-state index in [1.165, 1.54) is 25.1 Å². The van der Waals surface area contributed by atoms with Gasteiger partial charge in [0.1, 0.15) is 5.82 Å². The van der Waals surface area contributed by atoms with Gasteiger partial charge in [0.05, 0.1) is 34.7 Å². The molecule has 3 aromatic rings. The van der Waals surface area contributed by atoms with E-state index in [1.54, 1.807) is 24.3 Å². The molecule has 7 heteroatoms. The Morgan fingerprint density at radius 3 is 2.77 bits per heavy atom. The molecule has 0 radical (unpaired) electrons. The molecule has 0 saturated heterocycles. The second-order valence-corrected chi connectivity index (χ2v) is 8.45. The molecule has 4 rings (SSSR count). The lowest BCUT2D eigenvalue weighted by molar-refractivity contribution is -0.120. The number of nitriles is 1. The number of rotatable bonds is 5. The van der Waals surface area contributed by atoms with E-state index in [1.807, 2.05) is 4.57 Å². The number of nitrogens with one attached hydrogen (secondary N) is 1. The summed E-state index contributed by atoms with van der Waals surface area (Å²) in [5, 5.41) is 22.9. The number of benzene rings is 2. The van der Waals surface area contributed by atoms with Crippen LogP contribution < -0.4 is 5.32 Å². The van der Waals surface area contributed by atoms with Crippen LogP contribution in [0.3, 0.4) is 0 Å².